The van der Waals surface area contributed by atoms with E-state index in [4.69, 9.17) is 0 Å². The minimum atomic E-state index is -0.136. The van der Waals surface area contributed by atoms with Crippen LogP contribution in [-0.2, 0) is 6.54 Å². The molecule has 2 nitrogen and oxygen atoms in total. The molecule has 1 saturated heterocycles. The van der Waals surface area contributed by atoms with Crippen LogP contribution < -0.4 is 5.32 Å². The van der Waals surface area contributed by atoms with Gasteiger partial charge in [-0.1, -0.05) is 28.9 Å². The molecular weight excluding hydrogens is 295 g/mol. The van der Waals surface area contributed by atoms with Crippen LogP contribution in [0.3, 0.4) is 0 Å². The van der Waals surface area contributed by atoms with Gasteiger partial charge in [-0.05, 0) is 44.6 Å². The number of likely N-dealkylation sites (tertiary alicyclic amines) is 1. The Morgan fingerprint density at radius 3 is 2.72 bits per heavy atom. The molecule has 1 N–H and O–H groups in total. The molecule has 1 aliphatic heterocycles. The molecule has 0 aliphatic carbocycles. The lowest BCUT2D eigenvalue weighted by molar-refractivity contribution is 0.205. The van der Waals surface area contributed by atoms with Crippen LogP contribution >= 0.6 is 15.9 Å². The summed E-state index contributed by atoms with van der Waals surface area (Å²) in [4.78, 5) is 2.46. The van der Waals surface area contributed by atoms with Crippen molar-refractivity contribution in [2.75, 3.05) is 19.6 Å². The first-order chi connectivity index (χ1) is 8.69. The van der Waals surface area contributed by atoms with E-state index in [1.807, 2.05) is 12.1 Å². The lowest BCUT2D eigenvalue weighted by Crippen LogP contribution is -2.42. The highest BCUT2D eigenvalue weighted by Crippen LogP contribution is 2.16. The molecule has 1 heterocycles. The summed E-state index contributed by atoms with van der Waals surface area (Å²) in [5.74, 6) is -0.136. The van der Waals surface area contributed by atoms with E-state index in [1.54, 1.807) is 0 Å². The number of rotatable bonds is 4. The Kier molecular flexibility index (Phi) is 5.15. The lowest BCUT2D eigenvalue weighted by Gasteiger charge is -2.31. The molecule has 18 heavy (non-hydrogen) atoms. The van der Waals surface area contributed by atoms with Crippen molar-refractivity contribution in [2.45, 2.75) is 32.4 Å². The van der Waals surface area contributed by atoms with Crippen molar-refractivity contribution in [2.24, 2.45) is 0 Å². The quantitative estimate of drug-likeness (QED) is 0.918. The normalized spacial score (nSPS) is 18.2. The Balaban J connectivity index is 1.81. The number of hydrogen-bond donors (Lipinski definition) is 1. The topological polar surface area (TPSA) is 15.3 Å². The molecular formula is C14H20BrFN2. The van der Waals surface area contributed by atoms with Gasteiger partial charge in [-0.15, -0.1) is 0 Å². The molecule has 1 aliphatic rings. The molecule has 100 valence electrons. The van der Waals surface area contributed by atoms with E-state index >= 15 is 0 Å². The largest absolute Gasteiger partial charge is 0.310 e. The maximum absolute atomic E-state index is 13.6. The summed E-state index contributed by atoms with van der Waals surface area (Å²) < 4.78 is 14.4. The van der Waals surface area contributed by atoms with Crippen molar-refractivity contribution >= 4 is 15.9 Å². The molecule has 1 aromatic rings. The van der Waals surface area contributed by atoms with Gasteiger partial charge in [0, 0.05) is 22.6 Å². The van der Waals surface area contributed by atoms with Gasteiger partial charge in [-0.2, -0.15) is 0 Å². The van der Waals surface area contributed by atoms with Crippen molar-refractivity contribution in [1.82, 2.24) is 10.2 Å². The smallest absolute Gasteiger partial charge is 0.128 e. The standard InChI is InChI=1S/C14H20BrFN2/c1-2-18-7-5-13(6-8-18)17-10-11-3-4-12(15)9-14(11)16/h3-4,9,13,17H,2,5-8,10H2,1H3. The third-order valence-electron chi connectivity index (χ3n) is 3.63. The summed E-state index contributed by atoms with van der Waals surface area (Å²) >= 11 is 3.27. The second kappa shape index (κ2) is 6.64. The molecule has 0 aromatic heterocycles. The van der Waals surface area contributed by atoms with Crippen LogP contribution in [0.15, 0.2) is 22.7 Å². The fourth-order valence-corrected chi connectivity index (χ4v) is 2.71. The van der Waals surface area contributed by atoms with Gasteiger partial charge in [-0.3, -0.25) is 0 Å². The molecule has 0 amide bonds. The zero-order valence-electron chi connectivity index (χ0n) is 10.8. The monoisotopic (exact) mass is 314 g/mol. The number of benzene rings is 1. The van der Waals surface area contributed by atoms with E-state index in [-0.39, 0.29) is 5.82 Å². The fraction of sp³-hybridized carbons (Fsp3) is 0.571. The highest BCUT2D eigenvalue weighted by atomic mass is 79.9. The van der Waals surface area contributed by atoms with E-state index in [9.17, 15) is 4.39 Å². The van der Waals surface area contributed by atoms with Crippen molar-refractivity contribution in [3.8, 4) is 0 Å². The second-order valence-corrected chi connectivity index (χ2v) is 5.74. The first-order valence-corrected chi connectivity index (χ1v) is 7.38. The number of halogens is 2. The highest BCUT2D eigenvalue weighted by molar-refractivity contribution is 9.10. The number of piperidine rings is 1. The van der Waals surface area contributed by atoms with Crippen molar-refractivity contribution in [1.29, 1.82) is 0 Å². The van der Waals surface area contributed by atoms with Crippen LogP contribution in [0.1, 0.15) is 25.3 Å². The number of nitrogens with zero attached hydrogens (tertiary/aromatic N) is 1. The fourth-order valence-electron chi connectivity index (χ4n) is 2.37. The van der Waals surface area contributed by atoms with Gasteiger partial charge in [-0.25, -0.2) is 4.39 Å². The van der Waals surface area contributed by atoms with Gasteiger partial charge in [0.2, 0.25) is 0 Å². The van der Waals surface area contributed by atoms with E-state index in [1.165, 1.54) is 6.07 Å². The Morgan fingerprint density at radius 1 is 1.39 bits per heavy atom. The molecule has 2 rings (SSSR count). The summed E-state index contributed by atoms with van der Waals surface area (Å²) in [6.45, 7) is 6.25. The zero-order chi connectivity index (χ0) is 13.0. The predicted octanol–water partition coefficient (Wildman–Crippen LogP) is 3.16. The van der Waals surface area contributed by atoms with Gasteiger partial charge >= 0.3 is 0 Å². The maximum Gasteiger partial charge on any atom is 0.128 e. The van der Waals surface area contributed by atoms with E-state index < -0.39 is 0 Å². The average Bonchev–Trinajstić information content (AvgIpc) is 2.38. The first kappa shape index (κ1) is 14.0. The van der Waals surface area contributed by atoms with Crippen LogP contribution in [0.4, 0.5) is 4.39 Å². The van der Waals surface area contributed by atoms with Crippen molar-refractivity contribution in [3.05, 3.63) is 34.1 Å². The van der Waals surface area contributed by atoms with Crippen LogP contribution in [-0.4, -0.2) is 30.6 Å². The number of hydrogen-bond acceptors (Lipinski definition) is 2. The molecule has 0 saturated carbocycles. The maximum atomic E-state index is 13.6. The highest BCUT2D eigenvalue weighted by Gasteiger charge is 2.17. The van der Waals surface area contributed by atoms with Gasteiger partial charge in [0.15, 0.2) is 0 Å². The average molecular weight is 315 g/mol. The Bertz CT molecular complexity index is 389. The van der Waals surface area contributed by atoms with E-state index in [2.05, 4.69) is 33.1 Å². The summed E-state index contributed by atoms with van der Waals surface area (Å²) in [6, 6.07) is 5.78. The Hall–Kier alpha value is -0.450. The second-order valence-electron chi connectivity index (χ2n) is 4.83. The van der Waals surface area contributed by atoms with Crippen LogP contribution in [0.25, 0.3) is 0 Å². The summed E-state index contributed by atoms with van der Waals surface area (Å²) in [6.07, 6.45) is 2.32. The van der Waals surface area contributed by atoms with E-state index in [0.29, 0.717) is 12.6 Å². The van der Waals surface area contributed by atoms with Crippen LogP contribution in [0.5, 0.6) is 0 Å². The molecule has 0 radical (unpaired) electrons. The summed E-state index contributed by atoms with van der Waals surface area (Å²) in [5, 5.41) is 3.46. The molecule has 0 bridgehead atoms. The van der Waals surface area contributed by atoms with Crippen LogP contribution in [0, 0.1) is 5.82 Å². The minimum absolute atomic E-state index is 0.136. The van der Waals surface area contributed by atoms with Crippen molar-refractivity contribution in [3.63, 3.8) is 0 Å². The van der Waals surface area contributed by atoms with Crippen LogP contribution in [0.2, 0.25) is 0 Å². The predicted molar refractivity (Wildman–Crippen MR) is 76.1 cm³/mol. The minimum Gasteiger partial charge on any atom is -0.310 e. The summed E-state index contributed by atoms with van der Waals surface area (Å²) in [5.41, 5.74) is 0.746. The third kappa shape index (κ3) is 3.77. The Morgan fingerprint density at radius 2 is 2.11 bits per heavy atom. The molecule has 1 aromatic carbocycles. The zero-order valence-corrected chi connectivity index (χ0v) is 12.3. The molecule has 1 fully saturated rings. The first-order valence-electron chi connectivity index (χ1n) is 6.58. The van der Waals surface area contributed by atoms with E-state index in [0.717, 1.165) is 42.5 Å². The van der Waals surface area contributed by atoms with Crippen molar-refractivity contribution < 1.29 is 4.39 Å². The molecule has 4 heteroatoms. The number of nitrogens with one attached hydrogen (secondary N) is 1. The third-order valence-corrected chi connectivity index (χ3v) is 4.12. The SMILES string of the molecule is CCN1CCC(NCc2ccc(Br)cc2F)CC1. The summed E-state index contributed by atoms with van der Waals surface area (Å²) in [7, 11) is 0. The molecule has 0 spiro atoms. The van der Waals surface area contributed by atoms with Gasteiger partial charge in [0.05, 0.1) is 0 Å². The van der Waals surface area contributed by atoms with Gasteiger partial charge < -0.3 is 10.2 Å². The molecule has 0 unspecified atom stereocenters. The molecule has 0 atom stereocenters. The lowest BCUT2D eigenvalue weighted by atomic mass is 10.0. The van der Waals surface area contributed by atoms with Gasteiger partial charge in [0.1, 0.15) is 5.82 Å². The van der Waals surface area contributed by atoms with Gasteiger partial charge in [0.25, 0.3) is 0 Å². The Labute approximate surface area is 117 Å².